The number of nitrogens with two attached hydrogens (primary N) is 1. The van der Waals surface area contributed by atoms with Crippen LogP contribution in [0.3, 0.4) is 0 Å². The van der Waals surface area contributed by atoms with E-state index in [2.05, 4.69) is 10.6 Å². The van der Waals surface area contributed by atoms with E-state index in [-0.39, 0.29) is 23.7 Å². The van der Waals surface area contributed by atoms with Crippen molar-refractivity contribution < 1.29 is 19.5 Å². The molecule has 0 saturated heterocycles. The SMILES string of the molecule is CC[C@H](C)[C@H](N)C(=O)N[C@@H](CC(C)C)C(=O)N[C@H](C(=O)O)C(C)C. The highest BCUT2D eigenvalue weighted by atomic mass is 16.4. The third-order valence-corrected chi connectivity index (χ3v) is 4.13. The van der Waals surface area contributed by atoms with Gasteiger partial charge in [0.25, 0.3) is 0 Å². The molecule has 0 radical (unpaired) electrons. The molecule has 0 aromatic rings. The summed E-state index contributed by atoms with van der Waals surface area (Å²) < 4.78 is 0. The molecule has 0 heterocycles. The second kappa shape index (κ2) is 10.3. The number of nitrogens with one attached hydrogen (secondary N) is 2. The van der Waals surface area contributed by atoms with Crippen LogP contribution in [0.5, 0.6) is 0 Å². The molecule has 0 aliphatic heterocycles. The van der Waals surface area contributed by atoms with Gasteiger partial charge in [0.2, 0.25) is 11.8 Å². The summed E-state index contributed by atoms with van der Waals surface area (Å²) in [5, 5.41) is 14.4. The van der Waals surface area contributed by atoms with Gasteiger partial charge in [0.15, 0.2) is 0 Å². The van der Waals surface area contributed by atoms with Crippen molar-refractivity contribution in [2.24, 2.45) is 23.5 Å². The Hall–Kier alpha value is -1.63. The summed E-state index contributed by atoms with van der Waals surface area (Å²) in [6.07, 6.45) is 1.17. The predicted molar refractivity (Wildman–Crippen MR) is 93.2 cm³/mol. The van der Waals surface area contributed by atoms with Gasteiger partial charge in [-0.15, -0.1) is 0 Å². The Morgan fingerprint density at radius 3 is 1.92 bits per heavy atom. The zero-order valence-corrected chi connectivity index (χ0v) is 15.6. The van der Waals surface area contributed by atoms with Gasteiger partial charge in [0, 0.05) is 0 Å². The number of hydrogen-bond acceptors (Lipinski definition) is 4. The van der Waals surface area contributed by atoms with E-state index in [1.165, 1.54) is 0 Å². The number of hydrogen-bond donors (Lipinski definition) is 4. The van der Waals surface area contributed by atoms with Crippen molar-refractivity contribution in [3.8, 4) is 0 Å². The maximum atomic E-state index is 12.5. The molecule has 2 amide bonds. The first-order valence-electron chi connectivity index (χ1n) is 8.60. The van der Waals surface area contributed by atoms with Crippen LogP contribution < -0.4 is 16.4 Å². The van der Waals surface area contributed by atoms with Crippen LogP contribution in [0, 0.1) is 17.8 Å². The molecule has 5 N–H and O–H groups in total. The van der Waals surface area contributed by atoms with Crippen LogP contribution in [-0.2, 0) is 14.4 Å². The maximum Gasteiger partial charge on any atom is 0.326 e. The van der Waals surface area contributed by atoms with Crippen molar-refractivity contribution in [2.75, 3.05) is 0 Å². The number of carboxylic acids is 1. The topological polar surface area (TPSA) is 122 Å². The summed E-state index contributed by atoms with van der Waals surface area (Å²) in [6, 6.07) is -2.49. The quantitative estimate of drug-likeness (QED) is 0.473. The average molecular weight is 343 g/mol. The van der Waals surface area contributed by atoms with Crippen LogP contribution in [0.2, 0.25) is 0 Å². The van der Waals surface area contributed by atoms with E-state index in [9.17, 15) is 19.5 Å². The van der Waals surface area contributed by atoms with Gasteiger partial charge in [-0.3, -0.25) is 9.59 Å². The van der Waals surface area contributed by atoms with E-state index in [0.29, 0.717) is 6.42 Å². The lowest BCUT2D eigenvalue weighted by molar-refractivity contribution is -0.143. The van der Waals surface area contributed by atoms with Crippen LogP contribution in [-0.4, -0.2) is 41.0 Å². The van der Waals surface area contributed by atoms with E-state index in [1.807, 2.05) is 27.7 Å². The smallest absolute Gasteiger partial charge is 0.326 e. The number of carbonyl (C=O) groups excluding carboxylic acids is 2. The van der Waals surface area contributed by atoms with E-state index < -0.39 is 30.0 Å². The van der Waals surface area contributed by atoms with Crippen molar-refractivity contribution >= 4 is 17.8 Å². The van der Waals surface area contributed by atoms with Crippen LogP contribution in [0.15, 0.2) is 0 Å². The van der Waals surface area contributed by atoms with Crippen LogP contribution in [0.25, 0.3) is 0 Å². The molecule has 0 aliphatic rings. The second-order valence-corrected chi connectivity index (χ2v) is 7.17. The number of aliphatic carboxylic acids is 1. The lowest BCUT2D eigenvalue weighted by Gasteiger charge is -2.26. The van der Waals surface area contributed by atoms with Gasteiger partial charge >= 0.3 is 5.97 Å². The molecule has 7 heteroatoms. The zero-order valence-electron chi connectivity index (χ0n) is 15.6. The second-order valence-electron chi connectivity index (χ2n) is 7.17. The zero-order chi connectivity index (χ0) is 19.0. The molecule has 0 spiro atoms. The molecule has 0 rings (SSSR count). The summed E-state index contributed by atoms with van der Waals surface area (Å²) in [5.74, 6) is -2.08. The van der Waals surface area contributed by atoms with Crippen molar-refractivity contribution in [1.82, 2.24) is 10.6 Å². The highest BCUT2D eigenvalue weighted by molar-refractivity contribution is 5.91. The van der Waals surface area contributed by atoms with Crippen LogP contribution in [0.1, 0.15) is 54.4 Å². The molecule has 7 nitrogen and oxygen atoms in total. The first-order chi connectivity index (χ1) is 11.0. The minimum absolute atomic E-state index is 0.00445. The highest BCUT2D eigenvalue weighted by Gasteiger charge is 2.30. The molecule has 0 saturated carbocycles. The Bertz CT molecular complexity index is 438. The first kappa shape index (κ1) is 22.4. The lowest BCUT2D eigenvalue weighted by Crippen LogP contribution is -2.56. The molecular weight excluding hydrogens is 310 g/mol. The Labute approximate surface area is 144 Å². The van der Waals surface area contributed by atoms with Crippen molar-refractivity contribution in [3.63, 3.8) is 0 Å². The fraction of sp³-hybridized carbons (Fsp3) is 0.824. The summed E-state index contributed by atoms with van der Waals surface area (Å²) in [4.78, 5) is 36.0. The third kappa shape index (κ3) is 7.29. The third-order valence-electron chi connectivity index (χ3n) is 4.13. The summed E-state index contributed by atoms with van der Waals surface area (Å²) in [5.41, 5.74) is 5.91. The molecule has 4 atom stereocenters. The lowest BCUT2D eigenvalue weighted by atomic mass is 9.97. The summed E-state index contributed by atoms with van der Waals surface area (Å²) in [6.45, 7) is 11.1. The van der Waals surface area contributed by atoms with E-state index in [0.717, 1.165) is 6.42 Å². The highest BCUT2D eigenvalue weighted by Crippen LogP contribution is 2.10. The summed E-state index contributed by atoms with van der Waals surface area (Å²) >= 11 is 0. The molecule has 0 bridgehead atoms. The predicted octanol–water partition coefficient (Wildman–Crippen LogP) is 1.12. The van der Waals surface area contributed by atoms with E-state index in [1.54, 1.807) is 13.8 Å². The van der Waals surface area contributed by atoms with Gasteiger partial charge in [0.05, 0.1) is 6.04 Å². The molecule has 0 unspecified atom stereocenters. The molecular formula is C17H33N3O4. The van der Waals surface area contributed by atoms with Crippen molar-refractivity contribution in [3.05, 3.63) is 0 Å². The largest absolute Gasteiger partial charge is 0.480 e. The standard InChI is InChI=1S/C17H33N3O4/c1-7-11(6)13(18)16(22)19-12(8-9(2)3)15(21)20-14(10(4)5)17(23)24/h9-14H,7-8,18H2,1-6H3,(H,19,22)(H,20,21)(H,23,24)/t11-,12-,13-,14-/m0/s1. The van der Waals surface area contributed by atoms with E-state index >= 15 is 0 Å². The number of carbonyl (C=O) groups is 3. The Morgan fingerprint density at radius 1 is 1.00 bits per heavy atom. The molecule has 140 valence electrons. The average Bonchev–Trinajstić information content (AvgIpc) is 2.48. The minimum atomic E-state index is -1.09. The van der Waals surface area contributed by atoms with Crippen molar-refractivity contribution in [1.29, 1.82) is 0 Å². The fourth-order valence-corrected chi connectivity index (χ4v) is 2.25. The summed E-state index contributed by atoms with van der Waals surface area (Å²) in [7, 11) is 0. The van der Waals surface area contributed by atoms with Crippen molar-refractivity contribution in [2.45, 2.75) is 72.5 Å². The van der Waals surface area contributed by atoms with Gasteiger partial charge in [-0.1, -0.05) is 48.0 Å². The van der Waals surface area contributed by atoms with Gasteiger partial charge < -0.3 is 21.5 Å². The van der Waals surface area contributed by atoms with Crippen LogP contribution in [0.4, 0.5) is 0 Å². The fourth-order valence-electron chi connectivity index (χ4n) is 2.25. The number of amides is 2. The Morgan fingerprint density at radius 2 is 1.54 bits per heavy atom. The van der Waals surface area contributed by atoms with Gasteiger partial charge in [0.1, 0.15) is 12.1 Å². The maximum absolute atomic E-state index is 12.5. The number of rotatable bonds is 10. The monoisotopic (exact) mass is 343 g/mol. The molecule has 24 heavy (non-hydrogen) atoms. The Balaban J connectivity index is 5.08. The Kier molecular flexibility index (Phi) is 9.58. The van der Waals surface area contributed by atoms with E-state index in [4.69, 9.17) is 5.73 Å². The normalized spacial score (nSPS) is 16.4. The molecule has 0 aromatic carbocycles. The molecule has 0 aromatic heterocycles. The van der Waals surface area contributed by atoms with Gasteiger partial charge in [-0.05, 0) is 24.2 Å². The van der Waals surface area contributed by atoms with Crippen LogP contribution >= 0.6 is 0 Å². The van der Waals surface area contributed by atoms with Gasteiger partial charge in [-0.2, -0.15) is 0 Å². The minimum Gasteiger partial charge on any atom is -0.480 e. The first-order valence-corrected chi connectivity index (χ1v) is 8.60. The number of carboxylic acid groups (broad SMARTS) is 1. The van der Waals surface area contributed by atoms with Gasteiger partial charge in [-0.25, -0.2) is 4.79 Å². The molecule has 0 fully saturated rings. The molecule has 0 aliphatic carbocycles.